The van der Waals surface area contributed by atoms with E-state index >= 15 is 0 Å². The molecule has 0 saturated heterocycles. The smallest absolute Gasteiger partial charge is 0.262 e. The van der Waals surface area contributed by atoms with Crippen LogP contribution in [0.2, 0.25) is 0 Å². The molecule has 0 spiro atoms. The van der Waals surface area contributed by atoms with Crippen molar-refractivity contribution in [2.24, 2.45) is 0 Å². The molecule has 2 aromatic heterocycles. The van der Waals surface area contributed by atoms with Gasteiger partial charge < -0.3 is 5.32 Å². The average molecular weight is 323 g/mol. The fraction of sp³-hybridized carbons (Fsp3) is 0.357. The summed E-state index contributed by atoms with van der Waals surface area (Å²) in [7, 11) is -3.53. The molecule has 1 aliphatic carbocycles. The lowest BCUT2D eigenvalue weighted by Crippen LogP contribution is -2.15. The molecule has 2 heterocycles. The molecule has 0 aliphatic heterocycles. The Kier molecular flexibility index (Phi) is 3.97. The number of pyridine rings is 1. The Balaban J connectivity index is 1.73. The van der Waals surface area contributed by atoms with Crippen LogP contribution in [-0.4, -0.2) is 19.4 Å². The lowest BCUT2D eigenvalue weighted by Gasteiger charge is -2.08. The van der Waals surface area contributed by atoms with E-state index in [1.165, 1.54) is 24.2 Å². The molecular weight excluding hydrogens is 306 g/mol. The van der Waals surface area contributed by atoms with Gasteiger partial charge in [0, 0.05) is 35.2 Å². The maximum Gasteiger partial charge on any atom is 0.262 e. The normalized spacial score (nSPS) is 15.1. The van der Waals surface area contributed by atoms with Crippen molar-refractivity contribution in [2.45, 2.75) is 37.2 Å². The van der Waals surface area contributed by atoms with Gasteiger partial charge in [0.1, 0.15) is 0 Å². The Morgan fingerprint density at radius 3 is 2.95 bits per heavy atom. The Morgan fingerprint density at radius 2 is 2.24 bits per heavy atom. The first kappa shape index (κ1) is 14.5. The Morgan fingerprint density at radius 1 is 1.43 bits per heavy atom. The van der Waals surface area contributed by atoms with E-state index in [1.54, 1.807) is 29.9 Å². The quantitative estimate of drug-likeness (QED) is 0.857. The van der Waals surface area contributed by atoms with E-state index in [9.17, 15) is 8.42 Å². The Bertz CT molecular complexity index is 736. The van der Waals surface area contributed by atoms with Crippen LogP contribution in [0.3, 0.4) is 0 Å². The monoisotopic (exact) mass is 323 g/mol. The molecule has 0 aromatic carbocycles. The molecule has 7 heteroatoms. The van der Waals surface area contributed by atoms with E-state index in [2.05, 4.69) is 15.0 Å². The summed E-state index contributed by atoms with van der Waals surface area (Å²) in [6, 6.07) is 4.01. The van der Waals surface area contributed by atoms with Crippen LogP contribution in [0.1, 0.15) is 23.3 Å². The second kappa shape index (κ2) is 5.75. The van der Waals surface area contributed by atoms with Crippen molar-refractivity contribution in [3.63, 3.8) is 0 Å². The number of nitrogens with one attached hydrogen (secondary N) is 2. The van der Waals surface area contributed by atoms with E-state index in [1.807, 2.05) is 6.92 Å². The first-order valence-corrected chi connectivity index (χ1v) is 9.15. The number of hydrogen-bond donors (Lipinski definition) is 2. The van der Waals surface area contributed by atoms with Crippen LogP contribution in [0.4, 0.5) is 5.69 Å². The number of hydrogen-bond acceptors (Lipinski definition) is 5. The van der Waals surface area contributed by atoms with Crippen molar-refractivity contribution in [3.05, 3.63) is 40.3 Å². The number of aryl methyl sites for hydroxylation is 1. The van der Waals surface area contributed by atoms with E-state index in [0.29, 0.717) is 16.6 Å². The Hall–Kier alpha value is -1.44. The number of nitrogens with zero attached hydrogens (tertiary/aromatic N) is 1. The molecule has 5 nitrogen and oxygen atoms in total. The van der Waals surface area contributed by atoms with Crippen molar-refractivity contribution in [2.75, 3.05) is 4.72 Å². The van der Waals surface area contributed by atoms with Crippen LogP contribution >= 0.6 is 11.3 Å². The third-order valence-electron chi connectivity index (χ3n) is 3.35. The highest BCUT2D eigenvalue weighted by Crippen LogP contribution is 2.25. The van der Waals surface area contributed by atoms with E-state index < -0.39 is 10.0 Å². The number of rotatable bonds is 6. The highest BCUT2D eigenvalue weighted by molar-refractivity contribution is 7.92. The zero-order valence-corrected chi connectivity index (χ0v) is 13.3. The summed E-state index contributed by atoms with van der Waals surface area (Å²) in [5, 5.41) is 5.07. The molecule has 21 heavy (non-hydrogen) atoms. The molecule has 2 aromatic rings. The topological polar surface area (TPSA) is 71.1 Å². The molecule has 1 fully saturated rings. The van der Waals surface area contributed by atoms with Gasteiger partial charge in [0.2, 0.25) is 0 Å². The standard InChI is InChI=1S/C14H17N3O2S2/c1-10-7-15-5-4-14(10)17-21(18,19)13-6-12(20-9-13)8-16-11-2-3-11/h4-7,9,11,16H,2-3,8H2,1H3,(H,15,17). The minimum Gasteiger partial charge on any atom is -0.309 e. The lowest BCUT2D eigenvalue weighted by molar-refractivity contribution is 0.601. The summed E-state index contributed by atoms with van der Waals surface area (Å²) >= 11 is 1.47. The van der Waals surface area contributed by atoms with Gasteiger partial charge in [-0.25, -0.2) is 8.42 Å². The second-order valence-corrected chi connectivity index (χ2v) is 7.88. The molecule has 0 amide bonds. The van der Waals surface area contributed by atoms with Gasteiger partial charge in [-0.3, -0.25) is 9.71 Å². The highest BCUT2D eigenvalue weighted by Gasteiger charge is 2.21. The molecule has 0 bridgehead atoms. The van der Waals surface area contributed by atoms with Crippen LogP contribution < -0.4 is 10.0 Å². The van der Waals surface area contributed by atoms with Gasteiger partial charge in [0.05, 0.1) is 10.6 Å². The van der Waals surface area contributed by atoms with Crippen molar-refractivity contribution in [1.82, 2.24) is 10.3 Å². The zero-order chi connectivity index (χ0) is 14.9. The SMILES string of the molecule is Cc1cnccc1NS(=O)(=O)c1csc(CNC2CC2)c1. The predicted molar refractivity (Wildman–Crippen MR) is 84.0 cm³/mol. The maximum atomic E-state index is 12.4. The van der Waals surface area contributed by atoms with Gasteiger partial charge in [-0.1, -0.05) is 0 Å². The number of sulfonamides is 1. The number of aromatic nitrogens is 1. The molecule has 3 rings (SSSR count). The minimum atomic E-state index is -3.53. The fourth-order valence-corrected chi connectivity index (χ4v) is 4.27. The van der Waals surface area contributed by atoms with E-state index in [4.69, 9.17) is 0 Å². The third-order valence-corrected chi connectivity index (χ3v) is 5.78. The van der Waals surface area contributed by atoms with Crippen molar-refractivity contribution < 1.29 is 8.42 Å². The van der Waals surface area contributed by atoms with Gasteiger partial charge >= 0.3 is 0 Å². The predicted octanol–water partition coefficient (Wildman–Crippen LogP) is 2.50. The summed E-state index contributed by atoms with van der Waals surface area (Å²) in [6.45, 7) is 2.56. The Labute approximate surface area is 128 Å². The lowest BCUT2D eigenvalue weighted by atomic mass is 10.3. The van der Waals surface area contributed by atoms with Gasteiger partial charge in [-0.05, 0) is 37.5 Å². The molecule has 1 saturated carbocycles. The third kappa shape index (κ3) is 3.61. The highest BCUT2D eigenvalue weighted by atomic mass is 32.2. The number of anilines is 1. The summed E-state index contributed by atoms with van der Waals surface area (Å²) in [4.78, 5) is 5.31. The molecule has 2 N–H and O–H groups in total. The molecular formula is C14H17N3O2S2. The van der Waals surface area contributed by atoms with Gasteiger partial charge in [0.15, 0.2) is 0 Å². The minimum absolute atomic E-state index is 0.316. The molecule has 1 aliphatic rings. The first-order valence-electron chi connectivity index (χ1n) is 6.79. The largest absolute Gasteiger partial charge is 0.309 e. The van der Waals surface area contributed by atoms with Crippen LogP contribution in [0, 0.1) is 6.92 Å². The molecule has 112 valence electrons. The van der Waals surface area contributed by atoms with Crippen LogP contribution in [0.25, 0.3) is 0 Å². The summed E-state index contributed by atoms with van der Waals surface area (Å²) in [6.07, 6.45) is 5.65. The maximum absolute atomic E-state index is 12.4. The second-order valence-electron chi connectivity index (χ2n) is 5.20. The van der Waals surface area contributed by atoms with Gasteiger partial charge in [0.25, 0.3) is 10.0 Å². The van der Waals surface area contributed by atoms with E-state index in [0.717, 1.165) is 17.0 Å². The van der Waals surface area contributed by atoms with Gasteiger partial charge in [-0.2, -0.15) is 0 Å². The summed E-state index contributed by atoms with van der Waals surface area (Å²) < 4.78 is 27.4. The van der Waals surface area contributed by atoms with Gasteiger partial charge in [-0.15, -0.1) is 11.3 Å². The van der Waals surface area contributed by atoms with Crippen molar-refractivity contribution >= 4 is 27.0 Å². The van der Waals surface area contributed by atoms with Crippen molar-refractivity contribution in [1.29, 1.82) is 0 Å². The number of thiophene rings is 1. The first-order chi connectivity index (χ1) is 10.0. The van der Waals surface area contributed by atoms with E-state index in [-0.39, 0.29) is 0 Å². The molecule has 0 atom stereocenters. The summed E-state index contributed by atoms with van der Waals surface area (Å²) in [5.74, 6) is 0. The average Bonchev–Trinajstić information content (AvgIpc) is 3.15. The summed E-state index contributed by atoms with van der Waals surface area (Å²) in [5.41, 5.74) is 1.36. The van der Waals surface area contributed by atoms with Crippen LogP contribution in [-0.2, 0) is 16.6 Å². The fourth-order valence-electron chi connectivity index (χ4n) is 1.92. The van der Waals surface area contributed by atoms with Crippen LogP contribution in [0.5, 0.6) is 0 Å². The molecule has 0 radical (unpaired) electrons. The zero-order valence-electron chi connectivity index (χ0n) is 11.7. The van der Waals surface area contributed by atoms with Crippen molar-refractivity contribution in [3.8, 4) is 0 Å². The van der Waals surface area contributed by atoms with Crippen LogP contribution in [0.15, 0.2) is 34.8 Å². The molecule has 0 unspecified atom stereocenters.